The van der Waals surface area contributed by atoms with Gasteiger partial charge in [-0.1, -0.05) is 45.9 Å². The molecule has 0 bridgehead atoms. The lowest BCUT2D eigenvalue weighted by Crippen LogP contribution is -2.40. The zero-order valence-corrected chi connectivity index (χ0v) is 11.7. The van der Waals surface area contributed by atoms with Gasteiger partial charge in [0.25, 0.3) is 0 Å². The Hall–Kier alpha value is -1.02. The smallest absolute Gasteiger partial charge is 0.123 e. The molecule has 1 rings (SSSR count). The van der Waals surface area contributed by atoms with Crippen LogP contribution in [-0.4, -0.2) is 12.1 Å². The van der Waals surface area contributed by atoms with Gasteiger partial charge in [0.1, 0.15) is 11.4 Å². The molecule has 1 unspecified atom stereocenters. The second-order valence-electron chi connectivity index (χ2n) is 5.86. The quantitative estimate of drug-likeness (QED) is 0.867. The van der Waals surface area contributed by atoms with E-state index in [0.717, 1.165) is 12.2 Å². The van der Waals surface area contributed by atoms with Crippen LogP contribution in [0.25, 0.3) is 0 Å². The van der Waals surface area contributed by atoms with E-state index >= 15 is 0 Å². The minimum Gasteiger partial charge on any atom is -0.486 e. The van der Waals surface area contributed by atoms with Crippen molar-refractivity contribution >= 4 is 0 Å². The van der Waals surface area contributed by atoms with Crippen molar-refractivity contribution in [3.05, 3.63) is 29.8 Å². The number of hydrogen-bond acceptors (Lipinski definition) is 2. The second-order valence-corrected chi connectivity index (χ2v) is 5.86. The van der Waals surface area contributed by atoms with Crippen molar-refractivity contribution in [2.75, 3.05) is 6.54 Å². The third-order valence-electron chi connectivity index (χ3n) is 3.23. The zero-order valence-electron chi connectivity index (χ0n) is 11.7. The fraction of sp³-hybridized carbons (Fsp3) is 0.600. The van der Waals surface area contributed by atoms with E-state index in [-0.39, 0.29) is 11.0 Å². The van der Waals surface area contributed by atoms with Gasteiger partial charge >= 0.3 is 0 Å². The van der Waals surface area contributed by atoms with Gasteiger partial charge in [-0.25, -0.2) is 0 Å². The fourth-order valence-corrected chi connectivity index (χ4v) is 1.70. The maximum absolute atomic E-state index is 6.13. The normalized spacial score (nSPS) is 15.4. The Morgan fingerprint density at radius 3 is 2.18 bits per heavy atom. The van der Waals surface area contributed by atoms with Crippen molar-refractivity contribution < 1.29 is 4.74 Å². The first-order valence-electron chi connectivity index (χ1n) is 6.31. The molecular weight excluding hydrogens is 210 g/mol. The summed E-state index contributed by atoms with van der Waals surface area (Å²) < 4.78 is 6.13. The van der Waals surface area contributed by atoms with Crippen LogP contribution < -0.4 is 10.5 Å². The Labute approximate surface area is 105 Å². The van der Waals surface area contributed by atoms with Crippen LogP contribution in [0.4, 0.5) is 0 Å². The van der Waals surface area contributed by atoms with E-state index in [1.54, 1.807) is 0 Å². The van der Waals surface area contributed by atoms with Crippen molar-refractivity contribution in [2.24, 2.45) is 5.73 Å². The predicted molar refractivity (Wildman–Crippen MR) is 73.5 cm³/mol. The minimum atomic E-state index is -0.276. The van der Waals surface area contributed by atoms with Crippen molar-refractivity contribution in [3.63, 3.8) is 0 Å². The predicted octanol–water partition coefficient (Wildman–Crippen LogP) is 3.49. The Balaban J connectivity index is 3.07. The van der Waals surface area contributed by atoms with Crippen molar-refractivity contribution in [3.8, 4) is 5.75 Å². The molecule has 2 heteroatoms. The van der Waals surface area contributed by atoms with Gasteiger partial charge in [0.2, 0.25) is 0 Å². The number of nitrogens with two attached hydrogens (primary N) is 1. The van der Waals surface area contributed by atoms with Gasteiger partial charge in [0.15, 0.2) is 0 Å². The highest BCUT2D eigenvalue weighted by Gasteiger charge is 2.26. The number of rotatable bonds is 4. The third-order valence-corrected chi connectivity index (χ3v) is 3.23. The molecule has 0 amide bonds. The molecule has 2 nitrogen and oxygen atoms in total. The molecular formula is C15H25NO. The highest BCUT2D eigenvalue weighted by atomic mass is 16.5. The summed E-state index contributed by atoms with van der Waals surface area (Å²) in [6.07, 6.45) is 0.905. The van der Waals surface area contributed by atoms with Crippen LogP contribution in [0.3, 0.4) is 0 Å². The van der Waals surface area contributed by atoms with E-state index in [9.17, 15) is 0 Å². The van der Waals surface area contributed by atoms with Crippen LogP contribution in [0, 0.1) is 0 Å². The molecule has 17 heavy (non-hydrogen) atoms. The highest BCUT2D eigenvalue weighted by molar-refractivity contribution is 5.38. The molecule has 0 aliphatic carbocycles. The average Bonchev–Trinajstić information content (AvgIpc) is 2.28. The Bertz CT molecular complexity index is 361. The molecule has 0 saturated heterocycles. The van der Waals surface area contributed by atoms with Crippen LogP contribution in [-0.2, 0) is 5.41 Å². The van der Waals surface area contributed by atoms with E-state index in [1.807, 2.05) is 12.1 Å². The lowest BCUT2D eigenvalue weighted by Gasteiger charge is -2.31. The van der Waals surface area contributed by atoms with Gasteiger partial charge in [0, 0.05) is 6.54 Å². The standard InChI is InChI=1S/C15H25NO/c1-6-15(5,11-16)17-13-10-8-7-9-12(13)14(2,3)4/h7-10H,6,11,16H2,1-5H3. The summed E-state index contributed by atoms with van der Waals surface area (Å²) in [7, 11) is 0. The van der Waals surface area contributed by atoms with Crippen LogP contribution in [0.5, 0.6) is 5.75 Å². The van der Waals surface area contributed by atoms with Gasteiger partial charge in [0.05, 0.1) is 0 Å². The van der Waals surface area contributed by atoms with E-state index < -0.39 is 0 Å². The van der Waals surface area contributed by atoms with E-state index in [4.69, 9.17) is 10.5 Å². The molecule has 96 valence electrons. The fourth-order valence-electron chi connectivity index (χ4n) is 1.70. The first-order chi connectivity index (χ1) is 7.82. The first-order valence-corrected chi connectivity index (χ1v) is 6.31. The van der Waals surface area contributed by atoms with Gasteiger partial charge in [-0.2, -0.15) is 0 Å². The zero-order chi connectivity index (χ0) is 13.1. The molecule has 1 atom stereocenters. The van der Waals surface area contributed by atoms with E-state index in [2.05, 4.69) is 46.8 Å². The number of ether oxygens (including phenoxy) is 1. The molecule has 0 aliphatic rings. The largest absolute Gasteiger partial charge is 0.486 e. The Morgan fingerprint density at radius 2 is 1.71 bits per heavy atom. The molecule has 0 aliphatic heterocycles. The molecule has 0 aromatic heterocycles. The number of benzene rings is 1. The monoisotopic (exact) mass is 235 g/mol. The third kappa shape index (κ3) is 3.47. The van der Waals surface area contributed by atoms with Crippen LogP contribution in [0.1, 0.15) is 46.6 Å². The van der Waals surface area contributed by atoms with E-state index in [0.29, 0.717) is 6.54 Å². The maximum Gasteiger partial charge on any atom is 0.123 e. The summed E-state index contributed by atoms with van der Waals surface area (Å²) in [4.78, 5) is 0. The molecule has 0 radical (unpaired) electrons. The van der Waals surface area contributed by atoms with Crippen LogP contribution >= 0.6 is 0 Å². The molecule has 0 fully saturated rings. The summed E-state index contributed by atoms with van der Waals surface area (Å²) >= 11 is 0. The van der Waals surface area contributed by atoms with Gasteiger partial charge in [-0.05, 0) is 30.4 Å². The van der Waals surface area contributed by atoms with Crippen molar-refractivity contribution in [2.45, 2.75) is 52.1 Å². The molecule has 0 spiro atoms. The van der Waals surface area contributed by atoms with Crippen LogP contribution in [0.15, 0.2) is 24.3 Å². The van der Waals surface area contributed by atoms with Crippen molar-refractivity contribution in [1.29, 1.82) is 0 Å². The number of para-hydroxylation sites is 1. The SMILES string of the molecule is CCC(C)(CN)Oc1ccccc1C(C)(C)C. The summed E-state index contributed by atoms with van der Waals surface area (Å²) in [6.45, 7) is 11.3. The second kappa shape index (κ2) is 5.09. The summed E-state index contributed by atoms with van der Waals surface area (Å²) in [5.41, 5.74) is 6.84. The molecule has 0 saturated carbocycles. The number of hydrogen-bond donors (Lipinski definition) is 1. The Kier molecular flexibility index (Phi) is 4.21. The minimum absolute atomic E-state index is 0.0832. The molecule has 0 heterocycles. The topological polar surface area (TPSA) is 35.2 Å². The maximum atomic E-state index is 6.13. The Morgan fingerprint density at radius 1 is 1.12 bits per heavy atom. The summed E-state index contributed by atoms with van der Waals surface area (Å²) in [5.74, 6) is 0.954. The lowest BCUT2D eigenvalue weighted by atomic mass is 9.86. The van der Waals surface area contributed by atoms with Crippen molar-refractivity contribution in [1.82, 2.24) is 0 Å². The molecule has 1 aromatic rings. The summed E-state index contributed by atoms with van der Waals surface area (Å²) in [5, 5.41) is 0. The molecule has 1 aromatic carbocycles. The molecule has 2 N–H and O–H groups in total. The highest BCUT2D eigenvalue weighted by Crippen LogP contribution is 2.33. The average molecular weight is 235 g/mol. The lowest BCUT2D eigenvalue weighted by molar-refractivity contribution is 0.0910. The first kappa shape index (κ1) is 14.0. The summed E-state index contributed by atoms with van der Waals surface area (Å²) in [6, 6.07) is 8.22. The van der Waals surface area contributed by atoms with Crippen LogP contribution in [0.2, 0.25) is 0 Å². The van der Waals surface area contributed by atoms with Gasteiger partial charge in [-0.15, -0.1) is 0 Å². The van der Waals surface area contributed by atoms with Gasteiger partial charge in [-0.3, -0.25) is 0 Å². The van der Waals surface area contributed by atoms with E-state index in [1.165, 1.54) is 5.56 Å². The van der Waals surface area contributed by atoms with Gasteiger partial charge < -0.3 is 10.5 Å².